The van der Waals surface area contributed by atoms with Gasteiger partial charge in [-0.1, -0.05) is 30.3 Å². The summed E-state index contributed by atoms with van der Waals surface area (Å²) in [5.41, 5.74) is 8.54. The predicted octanol–water partition coefficient (Wildman–Crippen LogP) is 5.46. The first kappa shape index (κ1) is 24.0. The van der Waals surface area contributed by atoms with Crippen LogP contribution >= 0.6 is 67.8 Å². The first-order valence-electron chi connectivity index (χ1n) is 9.02. The largest absolute Gasteiger partial charge is 0.489 e. The number of halogens is 3. The minimum absolute atomic E-state index is 0.367. The lowest BCUT2D eigenvalue weighted by molar-refractivity contribution is -0.119. The van der Waals surface area contributed by atoms with E-state index in [1.165, 1.54) is 0 Å². The highest BCUT2D eigenvalue weighted by atomic mass is 127. The minimum atomic E-state index is -0.586. The van der Waals surface area contributed by atoms with Crippen LogP contribution in [0.3, 0.4) is 0 Å². The van der Waals surface area contributed by atoms with Crippen molar-refractivity contribution in [2.75, 3.05) is 17.7 Å². The van der Waals surface area contributed by atoms with Crippen molar-refractivity contribution in [2.45, 2.75) is 6.61 Å². The van der Waals surface area contributed by atoms with Crippen molar-refractivity contribution in [2.24, 2.45) is 0 Å². The molecule has 3 N–H and O–H groups in total. The van der Waals surface area contributed by atoms with Gasteiger partial charge in [-0.05, 0) is 104 Å². The number of esters is 1. The van der Waals surface area contributed by atoms with E-state index >= 15 is 0 Å². The third-order valence-corrected chi connectivity index (χ3v) is 6.99. The molecule has 0 atom stereocenters. The number of hydrogen-bond donors (Lipinski definition) is 2. The Morgan fingerprint density at radius 2 is 1.61 bits per heavy atom. The van der Waals surface area contributed by atoms with E-state index in [0.29, 0.717) is 32.9 Å². The maximum Gasteiger partial charge on any atom is 0.340 e. The second-order valence-electron chi connectivity index (χ2n) is 6.37. The first-order chi connectivity index (χ1) is 14.8. The second-order valence-corrected chi connectivity index (χ2v) is 9.77. The van der Waals surface area contributed by atoms with E-state index in [0.717, 1.165) is 12.7 Å². The van der Waals surface area contributed by atoms with Crippen LogP contribution in [-0.2, 0) is 16.1 Å². The highest BCUT2D eigenvalue weighted by Crippen LogP contribution is 2.30. The summed E-state index contributed by atoms with van der Waals surface area (Å²) >= 11 is 6.18. The number of carbonyl (C=O) groups is 2. The van der Waals surface area contributed by atoms with E-state index in [1.807, 2.05) is 52.9 Å². The zero-order chi connectivity index (χ0) is 22.4. The Morgan fingerprint density at radius 3 is 2.29 bits per heavy atom. The molecule has 0 spiro atoms. The molecule has 0 bridgehead atoms. The van der Waals surface area contributed by atoms with Crippen molar-refractivity contribution in [3.63, 3.8) is 0 Å². The Labute approximate surface area is 220 Å². The van der Waals surface area contributed by atoms with Crippen LogP contribution in [0.15, 0.2) is 60.7 Å². The fraction of sp³-hybridized carbons (Fsp3) is 0.0909. The Morgan fingerprint density at radius 1 is 0.935 bits per heavy atom. The average Bonchev–Trinajstić information content (AvgIpc) is 2.76. The molecule has 6 nitrogen and oxygen atoms in total. The van der Waals surface area contributed by atoms with E-state index in [2.05, 4.69) is 50.5 Å². The van der Waals surface area contributed by atoms with Crippen LogP contribution in [0.25, 0.3) is 0 Å². The van der Waals surface area contributed by atoms with Gasteiger partial charge >= 0.3 is 5.97 Å². The number of amides is 1. The number of nitrogens with one attached hydrogen (secondary N) is 1. The van der Waals surface area contributed by atoms with Crippen LogP contribution in [0.4, 0.5) is 11.4 Å². The second kappa shape index (κ2) is 11.3. The summed E-state index contributed by atoms with van der Waals surface area (Å²) in [7, 11) is 0. The molecule has 0 saturated carbocycles. The number of nitrogens with two attached hydrogens (primary N) is 1. The summed E-state index contributed by atoms with van der Waals surface area (Å²) in [5, 5.41) is 2.70. The summed E-state index contributed by atoms with van der Waals surface area (Å²) in [6.07, 6.45) is 0. The third kappa shape index (κ3) is 6.68. The average molecular weight is 754 g/mol. The first-order valence-corrected chi connectivity index (χ1v) is 12.3. The lowest BCUT2D eigenvalue weighted by Gasteiger charge is -2.12. The number of carbonyl (C=O) groups excluding carboxylic acids is 2. The smallest absolute Gasteiger partial charge is 0.340 e. The summed E-state index contributed by atoms with van der Waals surface area (Å²) in [5.74, 6) is -0.333. The van der Waals surface area contributed by atoms with Crippen molar-refractivity contribution in [1.29, 1.82) is 0 Å². The van der Waals surface area contributed by atoms with Gasteiger partial charge < -0.3 is 20.5 Å². The molecule has 0 radical (unpaired) electrons. The Bertz CT molecular complexity index is 1090. The molecule has 0 aliphatic carbocycles. The van der Waals surface area contributed by atoms with Crippen molar-refractivity contribution in [3.05, 3.63) is 82.5 Å². The monoisotopic (exact) mass is 754 g/mol. The molecule has 3 rings (SSSR count). The topological polar surface area (TPSA) is 90.7 Å². The summed E-state index contributed by atoms with van der Waals surface area (Å²) in [6.45, 7) is 0.0618. The quantitative estimate of drug-likeness (QED) is 0.190. The van der Waals surface area contributed by atoms with Crippen LogP contribution in [-0.4, -0.2) is 18.5 Å². The van der Waals surface area contributed by atoms with E-state index in [4.69, 9.17) is 15.2 Å². The molecular weight excluding hydrogens is 737 g/mol. The molecule has 9 heteroatoms. The predicted molar refractivity (Wildman–Crippen MR) is 145 cm³/mol. The molecule has 160 valence electrons. The molecular formula is C22H17I3N2O4. The van der Waals surface area contributed by atoms with Crippen LogP contribution < -0.4 is 15.8 Å². The fourth-order valence-corrected chi connectivity index (χ4v) is 6.38. The minimum Gasteiger partial charge on any atom is -0.489 e. The Kier molecular flexibility index (Phi) is 8.77. The van der Waals surface area contributed by atoms with Gasteiger partial charge in [0.1, 0.15) is 12.4 Å². The molecule has 0 heterocycles. The van der Waals surface area contributed by atoms with Gasteiger partial charge in [-0.2, -0.15) is 0 Å². The molecule has 0 unspecified atom stereocenters. The maximum atomic E-state index is 12.5. The molecule has 3 aromatic carbocycles. The van der Waals surface area contributed by atoms with Gasteiger partial charge in [0.25, 0.3) is 5.91 Å². The molecule has 1 amide bonds. The number of rotatable bonds is 7. The van der Waals surface area contributed by atoms with Gasteiger partial charge in [-0.25, -0.2) is 4.79 Å². The number of nitrogen functional groups attached to an aromatic ring is 1. The summed E-state index contributed by atoms with van der Waals surface area (Å²) in [4.78, 5) is 24.6. The van der Waals surface area contributed by atoms with Crippen LogP contribution in [0.5, 0.6) is 5.75 Å². The Balaban J connectivity index is 1.52. The van der Waals surface area contributed by atoms with E-state index in [9.17, 15) is 9.59 Å². The van der Waals surface area contributed by atoms with Gasteiger partial charge in [0, 0.05) is 12.8 Å². The van der Waals surface area contributed by atoms with Gasteiger partial charge in [0.05, 0.1) is 14.8 Å². The molecule has 0 aromatic heterocycles. The number of anilines is 2. The lowest BCUT2D eigenvalue weighted by Crippen LogP contribution is -2.22. The SMILES string of the molecule is Nc1c(I)cc(I)c(C(=O)OCC(=O)Nc2ccc(OCc3ccccc3)cc2)c1I. The van der Waals surface area contributed by atoms with E-state index in [-0.39, 0.29) is 0 Å². The highest BCUT2D eigenvalue weighted by molar-refractivity contribution is 14.1. The molecule has 0 saturated heterocycles. The van der Waals surface area contributed by atoms with Crippen molar-refractivity contribution in [1.82, 2.24) is 0 Å². The van der Waals surface area contributed by atoms with Crippen molar-refractivity contribution in [3.8, 4) is 5.75 Å². The van der Waals surface area contributed by atoms with Gasteiger partial charge in [-0.15, -0.1) is 0 Å². The zero-order valence-corrected chi connectivity index (χ0v) is 22.5. The van der Waals surface area contributed by atoms with E-state index < -0.39 is 18.5 Å². The standard InChI is InChI=1S/C22H17I3N2O4/c23-16-10-17(24)21(26)20(25)19(16)22(29)31-12-18(28)27-14-6-8-15(9-7-14)30-11-13-4-2-1-3-5-13/h1-10H,11-12,26H2,(H,27,28). The molecule has 3 aromatic rings. The fourth-order valence-electron chi connectivity index (χ4n) is 2.57. The van der Waals surface area contributed by atoms with Crippen molar-refractivity contribution >= 4 is 91.0 Å². The molecule has 0 aliphatic heterocycles. The Hall–Kier alpha value is -1.61. The maximum absolute atomic E-state index is 12.5. The van der Waals surface area contributed by atoms with Gasteiger partial charge in [0.15, 0.2) is 6.61 Å². The summed E-state index contributed by atoms with van der Waals surface area (Å²) in [6, 6.07) is 18.6. The van der Waals surface area contributed by atoms with Crippen molar-refractivity contribution < 1.29 is 19.1 Å². The molecule has 0 fully saturated rings. The molecule has 0 aliphatic rings. The van der Waals surface area contributed by atoms with Gasteiger partial charge in [0.2, 0.25) is 0 Å². The van der Waals surface area contributed by atoms with Gasteiger partial charge in [-0.3, -0.25) is 4.79 Å². The van der Waals surface area contributed by atoms with Crippen LogP contribution in [0.1, 0.15) is 15.9 Å². The summed E-state index contributed by atoms with van der Waals surface area (Å²) < 4.78 is 13.1. The lowest BCUT2D eigenvalue weighted by atomic mass is 10.2. The normalized spacial score (nSPS) is 10.4. The highest BCUT2D eigenvalue weighted by Gasteiger charge is 2.20. The molecule has 31 heavy (non-hydrogen) atoms. The third-order valence-electron chi connectivity index (χ3n) is 4.13. The van der Waals surface area contributed by atoms with E-state index in [1.54, 1.807) is 30.3 Å². The number of ether oxygens (including phenoxy) is 2. The van der Waals surface area contributed by atoms with Crippen LogP contribution in [0.2, 0.25) is 0 Å². The number of hydrogen-bond acceptors (Lipinski definition) is 5. The van der Waals surface area contributed by atoms with Crippen LogP contribution in [0, 0.1) is 10.7 Å². The zero-order valence-electron chi connectivity index (χ0n) is 16.0. The number of benzene rings is 3.